The van der Waals surface area contributed by atoms with Gasteiger partial charge in [-0.25, -0.2) is 4.98 Å². The van der Waals surface area contributed by atoms with Crippen LogP contribution >= 0.6 is 0 Å². The van der Waals surface area contributed by atoms with Gasteiger partial charge in [-0.05, 0) is 48.9 Å². The van der Waals surface area contributed by atoms with E-state index in [0.29, 0.717) is 13.2 Å². The fourth-order valence-corrected chi connectivity index (χ4v) is 5.24. The Labute approximate surface area is 182 Å². The third kappa shape index (κ3) is 3.55. The molecule has 2 aliphatic rings. The quantitative estimate of drug-likeness (QED) is 0.684. The lowest BCUT2D eigenvalue weighted by Crippen LogP contribution is -2.50. The van der Waals surface area contributed by atoms with Crippen LogP contribution in [0.2, 0.25) is 0 Å². The molecule has 3 heterocycles. The number of aromatic nitrogens is 2. The molecule has 0 spiro atoms. The van der Waals surface area contributed by atoms with E-state index in [0.717, 1.165) is 74.1 Å². The predicted octanol–water partition coefficient (Wildman–Crippen LogP) is 2.37. The molecule has 2 aromatic heterocycles. The van der Waals surface area contributed by atoms with Crippen LogP contribution in [0.3, 0.4) is 0 Å². The minimum absolute atomic E-state index is 0.366. The first-order valence-corrected chi connectivity index (χ1v) is 11.2. The standard InChI is InChI=1S/C24H29N5O2/c1-31-16-17(30)15-27-10-12-28(13-11-27)24-19-7-3-2-6-18(19)20(14-25)23-26-21-8-4-5-9-22(21)29(23)24/h4-5,8-9,17,30H,2-3,6-7,10-13,15-16H2,1H3/t17-/m0/s1. The minimum atomic E-state index is -0.455. The second-order valence-corrected chi connectivity index (χ2v) is 8.63. The van der Waals surface area contributed by atoms with Gasteiger partial charge in [-0.3, -0.25) is 9.30 Å². The van der Waals surface area contributed by atoms with Crippen molar-refractivity contribution in [2.75, 3.05) is 51.3 Å². The first-order valence-electron chi connectivity index (χ1n) is 11.2. The molecular weight excluding hydrogens is 390 g/mol. The van der Waals surface area contributed by atoms with Crippen LogP contribution in [0.25, 0.3) is 16.7 Å². The number of hydrogen-bond donors (Lipinski definition) is 1. The molecule has 31 heavy (non-hydrogen) atoms. The number of nitrogens with zero attached hydrogens (tertiary/aromatic N) is 5. The van der Waals surface area contributed by atoms with Gasteiger partial charge < -0.3 is 14.7 Å². The lowest BCUT2D eigenvalue weighted by Gasteiger charge is -2.39. The summed E-state index contributed by atoms with van der Waals surface area (Å²) in [5.74, 6) is 1.22. The molecule has 162 valence electrons. The van der Waals surface area contributed by atoms with Crippen LogP contribution in [0, 0.1) is 11.3 Å². The average Bonchev–Trinajstić information content (AvgIpc) is 3.17. The zero-order valence-corrected chi connectivity index (χ0v) is 18.0. The van der Waals surface area contributed by atoms with E-state index in [1.165, 1.54) is 16.9 Å². The number of fused-ring (bicyclic) bond motifs is 4. The molecule has 1 aliphatic carbocycles. The molecule has 0 unspecified atom stereocenters. The number of piperazine rings is 1. The first kappa shape index (κ1) is 20.3. The maximum Gasteiger partial charge on any atom is 0.157 e. The zero-order chi connectivity index (χ0) is 21.4. The summed E-state index contributed by atoms with van der Waals surface area (Å²) < 4.78 is 7.31. The number of aliphatic hydroxyl groups excluding tert-OH is 1. The molecule has 1 fully saturated rings. The second-order valence-electron chi connectivity index (χ2n) is 8.63. The largest absolute Gasteiger partial charge is 0.389 e. The number of pyridine rings is 1. The van der Waals surface area contributed by atoms with Gasteiger partial charge in [0, 0.05) is 39.8 Å². The van der Waals surface area contributed by atoms with Crippen molar-refractivity contribution in [3.05, 3.63) is 41.0 Å². The van der Waals surface area contributed by atoms with Gasteiger partial charge in [-0.2, -0.15) is 5.26 Å². The number of benzene rings is 1. The molecule has 0 saturated carbocycles. The summed E-state index contributed by atoms with van der Waals surface area (Å²) in [6.07, 6.45) is 3.79. The molecule has 7 nitrogen and oxygen atoms in total. The number of hydrogen-bond acceptors (Lipinski definition) is 6. The maximum absolute atomic E-state index is 10.1. The SMILES string of the molecule is COC[C@@H](O)CN1CCN(c2c3c(c(C#N)c4nc5ccccc5n24)CCCC3)CC1. The average molecular weight is 420 g/mol. The summed E-state index contributed by atoms with van der Waals surface area (Å²) in [5, 5.41) is 20.1. The van der Waals surface area contributed by atoms with Crippen LogP contribution in [0.4, 0.5) is 5.82 Å². The highest BCUT2D eigenvalue weighted by atomic mass is 16.5. The number of methoxy groups -OCH3 is 1. The van der Waals surface area contributed by atoms with E-state index in [1.54, 1.807) is 7.11 Å². The van der Waals surface area contributed by atoms with Gasteiger partial charge in [0.2, 0.25) is 0 Å². The molecule has 1 N–H and O–H groups in total. The first-order chi connectivity index (χ1) is 15.2. The minimum Gasteiger partial charge on any atom is -0.389 e. The normalized spacial score (nSPS) is 18.3. The van der Waals surface area contributed by atoms with Gasteiger partial charge in [0.05, 0.1) is 29.3 Å². The Bertz CT molecular complexity index is 1140. The third-order valence-corrected chi connectivity index (χ3v) is 6.65. The second kappa shape index (κ2) is 8.46. The summed E-state index contributed by atoms with van der Waals surface area (Å²) in [4.78, 5) is 9.65. The van der Waals surface area contributed by atoms with E-state index in [1.807, 2.05) is 18.2 Å². The van der Waals surface area contributed by atoms with E-state index in [-0.39, 0.29) is 0 Å². The summed E-state index contributed by atoms with van der Waals surface area (Å²) in [6, 6.07) is 10.7. The highest BCUT2D eigenvalue weighted by Gasteiger charge is 2.29. The maximum atomic E-state index is 10.1. The van der Waals surface area contributed by atoms with E-state index in [2.05, 4.69) is 26.3 Å². The Morgan fingerprint density at radius 2 is 1.87 bits per heavy atom. The van der Waals surface area contributed by atoms with E-state index < -0.39 is 6.10 Å². The van der Waals surface area contributed by atoms with Crippen molar-refractivity contribution in [2.24, 2.45) is 0 Å². The number of rotatable bonds is 5. The van der Waals surface area contributed by atoms with Crippen molar-refractivity contribution in [1.29, 1.82) is 5.26 Å². The molecule has 0 amide bonds. The highest BCUT2D eigenvalue weighted by Crippen LogP contribution is 2.37. The Balaban J connectivity index is 1.58. The van der Waals surface area contributed by atoms with Crippen molar-refractivity contribution in [3.8, 4) is 6.07 Å². The summed E-state index contributed by atoms with van der Waals surface area (Å²) in [6.45, 7) is 4.56. The van der Waals surface area contributed by atoms with Gasteiger partial charge >= 0.3 is 0 Å². The van der Waals surface area contributed by atoms with E-state index in [9.17, 15) is 10.4 Å². The Kier molecular flexibility index (Phi) is 5.53. The molecule has 5 rings (SSSR count). The molecule has 0 radical (unpaired) electrons. The molecule has 1 saturated heterocycles. The zero-order valence-electron chi connectivity index (χ0n) is 18.0. The number of aliphatic hydroxyl groups is 1. The lowest BCUT2D eigenvalue weighted by atomic mass is 9.88. The number of nitriles is 1. The number of ether oxygens (including phenoxy) is 1. The van der Waals surface area contributed by atoms with Gasteiger partial charge in [-0.1, -0.05) is 12.1 Å². The van der Waals surface area contributed by atoms with Crippen molar-refractivity contribution in [3.63, 3.8) is 0 Å². The van der Waals surface area contributed by atoms with Crippen LogP contribution < -0.4 is 4.90 Å². The van der Waals surface area contributed by atoms with Crippen LogP contribution in [-0.4, -0.2) is 71.9 Å². The number of anilines is 1. The fraction of sp³-hybridized carbons (Fsp3) is 0.500. The van der Waals surface area contributed by atoms with Crippen molar-refractivity contribution in [2.45, 2.75) is 31.8 Å². The van der Waals surface area contributed by atoms with Gasteiger partial charge in [0.25, 0.3) is 0 Å². The van der Waals surface area contributed by atoms with Gasteiger partial charge in [0.1, 0.15) is 11.9 Å². The molecule has 1 atom stereocenters. The summed E-state index contributed by atoms with van der Waals surface area (Å²) in [5.41, 5.74) is 6.06. The number of β-amino-alcohol motifs (C(OH)–C–C–N with tert-alkyl or cyclic N) is 1. The number of imidazole rings is 1. The van der Waals surface area contributed by atoms with Crippen molar-refractivity contribution in [1.82, 2.24) is 14.3 Å². The van der Waals surface area contributed by atoms with E-state index in [4.69, 9.17) is 9.72 Å². The van der Waals surface area contributed by atoms with E-state index >= 15 is 0 Å². The lowest BCUT2D eigenvalue weighted by molar-refractivity contribution is 0.0365. The Morgan fingerprint density at radius 3 is 2.61 bits per heavy atom. The van der Waals surface area contributed by atoms with Gasteiger partial charge in [-0.15, -0.1) is 0 Å². The van der Waals surface area contributed by atoms with Crippen LogP contribution in [0.1, 0.15) is 29.5 Å². The van der Waals surface area contributed by atoms with Crippen molar-refractivity contribution >= 4 is 22.5 Å². The Hall–Kier alpha value is -2.66. The molecule has 1 aliphatic heterocycles. The topological polar surface area (TPSA) is 77.0 Å². The molecule has 3 aromatic rings. The fourth-order valence-electron chi connectivity index (χ4n) is 5.24. The molecule has 1 aromatic carbocycles. The molecular formula is C24H29N5O2. The Morgan fingerprint density at radius 1 is 1.13 bits per heavy atom. The summed E-state index contributed by atoms with van der Waals surface area (Å²) >= 11 is 0. The number of para-hydroxylation sites is 2. The van der Waals surface area contributed by atoms with Crippen molar-refractivity contribution < 1.29 is 9.84 Å². The monoisotopic (exact) mass is 419 g/mol. The van der Waals surface area contributed by atoms with Crippen LogP contribution in [0.5, 0.6) is 0 Å². The van der Waals surface area contributed by atoms with Crippen LogP contribution in [-0.2, 0) is 17.6 Å². The summed E-state index contributed by atoms with van der Waals surface area (Å²) in [7, 11) is 1.62. The smallest absolute Gasteiger partial charge is 0.157 e. The highest BCUT2D eigenvalue weighted by molar-refractivity contribution is 5.86. The predicted molar refractivity (Wildman–Crippen MR) is 121 cm³/mol. The third-order valence-electron chi connectivity index (χ3n) is 6.65. The molecule has 0 bridgehead atoms. The molecule has 7 heteroatoms. The van der Waals surface area contributed by atoms with Gasteiger partial charge in [0.15, 0.2) is 5.65 Å². The van der Waals surface area contributed by atoms with Crippen LogP contribution in [0.15, 0.2) is 24.3 Å².